The first-order valence-corrected chi connectivity index (χ1v) is 7.36. The van der Waals surface area contributed by atoms with Gasteiger partial charge in [-0.3, -0.25) is 0 Å². The third kappa shape index (κ3) is 1.84. The van der Waals surface area contributed by atoms with Crippen LogP contribution in [-0.4, -0.2) is 14.1 Å². The molecule has 1 rings (SSSR count). The first-order valence-electron chi connectivity index (χ1n) is 5.06. The van der Waals surface area contributed by atoms with E-state index in [2.05, 4.69) is 39.8 Å². The molecule has 0 aromatic rings. The van der Waals surface area contributed by atoms with Gasteiger partial charge in [0, 0.05) is 0 Å². The van der Waals surface area contributed by atoms with Crippen LogP contribution in [-0.2, 0) is 0 Å². The van der Waals surface area contributed by atoms with E-state index in [0.717, 1.165) is 4.78 Å². The fraction of sp³-hybridized carbons (Fsp3) is 0.636. The van der Waals surface area contributed by atoms with Crippen LogP contribution in [0.2, 0.25) is 15.3 Å². The second kappa shape index (κ2) is 4.31. The lowest BCUT2D eigenvalue weighted by atomic mass is 10.2. The molecular weight excluding hydrogens is 159 g/mol. The SMILES string of the molecule is C[CH2][Al]([CH2]C)[CH]1C=CC(C)=C1C. The summed E-state index contributed by atoms with van der Waals surface area (Å²) < 4.78 is 0.875. The molecule has 12 heavy (non-hydrogen) atoms. The van der Waals surface area contributed by atoms with Gasteiger partial charge in [0.05, 0.1) is 0 Å². The summed E-state index contributed by atoms with van der Waals surface area (Å²) in [5.41, 5.74) is 3.16. The van der Waals surface area contributed by atoms with E-state index in [9.17, 15) is 0 Å². The van der Waals surface area contributed by atoms with Gasteiger partial charge in [0.25, 0.3) is 14.1 Å². The fourth-order valence-electron chi connectivity index (χ4n) is 2.09. The minimum absolute atomic E-state index is 0.486. The fourth-order valence-corrected chi connectivity index (χ4v) is 5.08. The maximum absolute atomic E-state index is 2.44. The van der Waals surface area contributed by atoms with Crippen molar-refractivity contribution in [3.8, 4) is 0 Å². The lowest BCUT2D eigenvalue weighted by Crippen LogP contribution is -2.16. The van der Waals surface area contributed by atoms with E-state index < -0.39 is 14.1 Å². The molecule has 1 heteroatoms. The highest BCUT2D eigenvalue weighted by Gasteiger charge is 2.26. The Morgan fingerprint density at radius 1 is 1.25 bits per heavy atom. The summed E-state index contributed by atoms with van der Waals surface area (Å²) in [5, 5.41) is 2.88. The molecule has 1 aliphatic rings. The van der Waals surface area contributed by atoms with Crippen molar-refractivity contribution in [2.45, 2.75) is 43.0 Å². The molecule has 1 aliphatic carbocycles. The van der Waals surface area contributed by atoms with Crippen molar-refractivity contribution in [2.24, 2.45) is 0 Å². The lowest BCUT2D eigenvalue weighted by Gasteiger charge is -2.16. The standard InChI is InChI=1S/C7H9.2C2H5.Al/c1-6-4-3-5-7(6)2;2*1-2;/h3-5H,1-2H3;2*1H2,2H3;. The predicted octanol–water partition coefficient (Wildman–Crippen LogP) is 3.80. The minimum atomic E-state index is -0.486. The highest BCUT2D eigenvalue weighted by atomic mass is 27.2. The molecule has 0 amide bonds. The zero-order valence-electron chi connectivity index (χ0n) is 8.72. The average Bonchev–Trinajstić information content (AvgIpc) is 2.38. The summed E-state index contributed by atoms with van der Waals surface area (Å²) in [5.74, 6) is 0. The molecule has 66 valence electrons. The number of rotatable bonds is 3. The summed E-state index contributed by atoms with van der Waals surface area (Å²) in [6.07, 6.45) is 4.75. The van der Waals surface area contributed by atoms with Crippen LogP contribution in [0.5, 0.6) is 0 Å². The summed E-state index contributed by atoms with van der Waals surface area (Å²) in [7, 11) is 0. The van der Waals surface area contributed by atoms with Crippen molar-refractivity contribution < 1.29 is 0 Å². The van der Waals surface area contributed by atoms with Gasteiger partial charge >= 0.3 is 0 Å². The Morgan fingerprint density at radius 2 is 1.83 bits per heavy atom. The second-order valence-electron chi connectivity index (χ2n) is 3.83. The molecule has 0 aromatic carbocycles. The van der Waals surface area contributed by atoms with Crippen LogP contribution in [0.4, 0.5) is 0 Å². The van der Waals surface area contributed by atoms with E-state index in [-0.39, 0.29) is 0 Å². The average molecular weight is 178 g/mol. The van der Waals surface area contributed by atoms with E-state index in [1.807, 2.05) is 0 Å². The molecule has 0 bridgehead atoms. The maximum atomic E-state index is 2.44. The number of hydrogen-bond donors (Lipinski definition) is 0. The quantitative estimate of drug-likeness (QED) is 0.577. The van der Waals surface area contributed by atoms with Gasteiger partial charge in [0.2, 0.25) is 0 Å². The van der Waals surface area contributed by atoms with E-state index >= 15 is 0 Å². The number of hydrogen-bond acceptors (Lipinski definition) is 0. The zero-order valence-corrected chi connectivity index (χ0v) is 9.88. The van der Waals surface area contributed by atoms with E-state index in [1.54, 1.807) is 5.57 Å². The topological polar surface area (TPSA) is 0 Å². The summed E-state index contributed by atoms with van der Waals surface area (Å²) >= 11 is -0.486. The van der Waals surface area contributed by atoms with Gasteiger partial charge in [-0.05, 0) is 18.6 Å². The van der Waals surface area contributed by atoms with Crippen molar-refractivity contribution in [1.82, 2.24) is 0 Å². The van der Waals surface area contributed by atoms with Crippen LogP contribution in [0.15, 0.2) is 23.3 Å². The molecule has 0 aromatic heterocycles. The van der Waals surface area contributed by atoms with Crippen molar-refractivity contribution in [3.63, 3.8) is 0 Å². The van der Waals surface area contributed by atoms with Crippen LogP contribution >= 0.6 is 0 Å². The molecular formula is C11H19Al. The molecule has 0 saturated carbocycles. The van der Waals surface area contributed by atoms with Crippen molar-refractivity contribution in [2.75, 3.05) is 0 Å². The van der Waals surface area contributed by atoms with E-state index in [0.29, 0.717) is 0 Å². The third-order valence-corrected chi connectivity index (χ3v) is 7.07. The largest absolute Gasteiger partial charge is 0.275 e. The Morgan fingerprint density at radius 3 is 2.17 bits per heavy atom. The van der Waals surface area contributed by atoms with Gasteiger partial charge in [-0.1, -0.05) is 47.7 Å². The van der Waals surface area contributed by atoms with Crippen molar-refractivity contribution in [3.05, 3.63) is 23.3 Å². The first kappa shape index (κ1) is 10.1. The monoisotopic (exact) mass is 178 g/mol. The van der Waals surface area contributed by atoms with Crippen molar-refractivity contribution in [1.29, 1.82) is 0 Å². The van der Waals surface area contributed by atoms with Crippen LogP contribution in [0.25, 0.3) is 0 Å². The van der Waals surface area contributed by atoms with Gasteiger partial charge in [-0.15, -0.1) is 0 Å². The Balaban J connectivity index is 2.72. The minimum Gasteiger partial charge on any atom is -0.0961 e. The number of allylic oxidation sites excluding steroid dienone is 4. The second-order valence-corrected chi connectivity index (χ2v) is 7.70. The van der Waals surface area contributed by atoms with Crippen LogP contribution in [0.3, 0.4) is 0 Å². The zero-order chi connectivity index (χ0) is 9.14. The van der Waals surface area contributed by atoms with Gasteiger partial charge in [0.1, 0.15) is 0 Å². The van der Waals surface area contributed by atoms with Gasteiger partial charge in [0.15, 0.2) is 0 Å². The molecule has 0 heterocycles. The lowest BCUT2D eigenvalue weighted by molar-refractivity contribution is 1.12. The molecule has 0 saturated heterocycles. The highest BCUT2D eigenvalue weighted by molar-refractivity contribution is 6.61. The van der Waals surface area contributed by atoms with Gasteiger partial charge in [-0.25, -0.2) is 0 Å². The van der Waals surface area contributed by atoms with Gasteiger partial charge < -0.3 is 0 Å². The highest BCUT2D eigenvalue weighted by Crippen LogP contribution is 2.34. The molecule has 0 N–H and O–H groups in total. The Hall–Kier alpha value is 0.0125. The van der Waals surface area contributed by atoms with Crippen LogP contribution in [0, 0.1) is 0 Å². The Bertz CT molecular complexity index is 209. The van der Waals surface area contributed by atoms with Gasteiger partial charge in [-0.2, -0.15) is 0 Å². The molecule has 0 spiro atoms. The summed E-state index contributed by atoms with van der Waals surface area (Å²) in [6, 6.07) is 0. The summed E-state index contributed by atoms with van der Waals surface area (Å²) in [6.45, 7) is 9.26. The third-order valence-electron chi connectivity index (χ3n) is 3.23. The molecule has 0 fully saturated rings. The van der Waals surface area contributed by atoms with Crippen LogP contribution < -0.4 is 0 Å². The Kier molecular flexibility index (Phi) is 3.62. The molecule has 0 aliphatic heterocycles. The molecule has 0 radical (unpaired) electrons. The van der Waals surface area contributed by atoms with E-state index in [4.69, 9.17) is 0 Å². The van der Waals surface area contributed by atoms with Crippen molar-refractivity contribution >= 4 is 14.1 Å². The summed E-state index contributed by atoms with van der Waals surface area (Å²) in [4.78, 5) is 0. The first-order chi connectivity index (χ1) is 5.70. The molecule has 1 atom stereocenters. The Labute approximate surface area is 80.8 Å². The van der Waals surface area contributed by atoms with E-state index in [1.165, 1.54) is 16.1 Å². The predicted molar refractivity (Wildman–Crippen MR) is 58.0 cm³/mol. The molecule has 1 unspecified atom stereocenters. The smallest absolute Gasteiger partial charge is 0.0961 e. The normalized spacial score (nSPS) is 22.2. The maximum Gasteiger partial charge on any atom is 0.275 e. The molecule has 0 nitrogen and oxygen atoms in total. The van der Waals surface area contributed by atoms with Crippen LogP contribution in [0.1, 0.15) is 27.7 Å².